The molecular weight excluding hydrogens is 365 g/mol. The maximum Gasteiger partial charge on any atom is 0.274 e. The summed E-state index contributed by atoms with van der Waals surface area (Å²) in [7, 11) is 3.08. The predicted octanol–water partition coefficient (Wildman–Crippen LogP) is 4.22. The molecule has 8 heteroatoms. The quantitative estimate of drug-likeness (QED) is 0.736. The average molecular weight is 380 g/mol. The van der Waals surface area contributed by atoms with Crippen LogP contribution in [0.4, 0.5) is 5.69 Å². The number of methoxy groups -OCH3 is 2. The van der Waals surface area contributed by atoms with Crippen molar-refractivity contribution in [2.24, 2.45) is 0 Å². The van der Waals surface area contributed by atoms with Gasteiger partial charge in [0.15, 0.2) is 17.1 Å². The molecule has 0 saturated heterocycles. The van der Waals surface area contributed by atoms with Crippen molar-refractivity contribution >= 4 is 40.4 Å². The van der Waals surface area contributed by atoms with Crippen molar-refractivity contribution in [2.75, 3.05) is 19.5 Å². The minimum atomic E-state index is -0.337. The van der Waals surface area contributed by atoms with Gasteiger partial charge in [-0.3, -0.25) is 9.20 Å². The Bertz CT molecular complexity index is 969. The first kappa shape index (κ1) is 17.4. The smallest absolute Gasteiger partial charge is 0.274 e. The molecule has 2 aromatic heterocycles. The lowest BCUT2D eigenvalue weighted by Crippen LogP contribution is -2.15. The zero-order valence-electron chi connectivity index (χ0n) is 13.8. The maximum atomic E-state index is 12.8. The largest absolute Gasteiger partial charge is 0.493 e. The van der Waals surface area contributed by atoms with Gasteiger partial charge in [0.05, 0.1) is 30.0 Å². The van der Waals surface area contributed by atoms with Crippen molar-refractivity contribution in [1.29, 1.82) is 0 Å². The summed E-state index contributed by atoms with van der Waals surface area (Å²) in [5.41, 5.74) is 1.93. The molecular formula is C17H15Cl2N3O3. The molecule has 3 rings (SSSR count). The molecule has 130 valence electrons. The van der Waals surface area contributed by atoms with Crippen molar-refractivity contribution in [3.63, 3.8) is 0 Å². The van der Waals surface area contributed by atoms with Gasteiger partial charge in [0.1, 0.15) is 5.69 Å². The number of amides is 1. The number of pyridine rings is 1. The van der Waals surface area contributed by atoms with E-state index in [0.717, 1.165) is 0 Å². The fourth-order valence-electron chi connectivity index (χ4n) is 2.56. The van der Waals surface area contributed by atoms with Gasteiger partial charge in [0, 0.05) is 18.0 Å². The molecule has 1 N–H and O–H groups in total. The van der Waals surface area contributed by atoms with Gasteiger partial charge in [-0.25, -0.2) is 4.98 Å². The Morgan fingerprint density at radius 1 is 1.16 bits per heavy atom. The van der Waals surface area contributed by atoms with E-state index in [2.05, 4.69) is 10.3 Å². The number of aryl methyl sites for hydroxylation is 1. The van der Waals surface area contributed by atoms with Crippen LogP contribution in [0.5, 0.6) is 11.5 Å². The second-order valence-electron chi connectivity index (χ2n) is 5.27. The van der Waals surface area contributed by atoms with Crippen LogP contribution >= 0.6 is 23.2 Å². The maximum absolute atomic E-state index is 12.8. The summed E-state index contributed by atoms with van der Waals surface area (Å²) < 4.78 is 12.0. The van der Waals surface area contributed by atoms with Crippen molar-refractivity contribution < 1.29 is 14.3 Å². The third-order valence-electron chi connectivity index (χ3n) is 3.67. The minimum absolute atomic E-state index is 0.337. The minimum Gasteiger partial charge on any atom is -0.493 e. The highest BCUT2D eigenvalue weighted by Gasteiger charge is 2.19. The van der Waals surface area contributed by atoms with E-state index in [-0.39, 0.29) is 5.91 Å². The molecule has 0 aliphatic heterocycles. The summed E-state index contributed by atoms with van der Waals surface area (Å²) in [4.78, 5) is 17.1. The fraction of sp³-hybridized carbons (Fsp3) is 0.176. The second kappa shape index (κ2) is 6.82. The number of halogens is 2. The highest BCUT2D eigenvalue weighted by atomic mass is 35.5. The molecule has 1 amide bonds. The van der Waals surface area contributed by atoms with Gasteiger partial charge >= 0.3 is 0 Å². The van der Waals surface area contributed by atoms with Gasteiger partial charge in [-0.2, -0.15) is 0 Å². The first-order chi connectivity index (χ1) is 11.9. The second-order valence-corrected chi connectivity index (χ2v) is 6.11. The topological polar surface area (TPSA) is 64.9 Å². The zero-order valence-corrected chi connectivity index (χ0v) is 15.3. The number of carbonyl (C=O) groups is 1. The number of anilines is 1. The molecule has 0 atom stereocenters. The number of carbonyl (C=O) groups excluding carboxylic acids is 1. The Morgan fingerprint density at radius 3 is 2.56 bits per heavy atom. The van der Waals surface area contributed by atoms with E-state index in [1.165, 1.54) is 7.11 Å². The van der Waals surface area contributed by atoms with E-state index in [1.54, 1.807) is 48.9 Å². The van der Waals surface area contributed by atoms with Gasteiger partial charge in [0.2, 0.25) is 0 Å². The van der Waals surface area contributed by atoms with Crippen LogP contribution in [0.3, 0.4) is 0 Å². The van der Waals surface area contributed by atoms with Gasteiger partial charge in [-0.1, -0.05) is 23.2 Å². The molecule has 25 heavy (non-hydrogen) atoms. The molecule has 1 aromatic carbocycles. The van der Waals surface area contributed by atoms with Gasteiger partial charge in [-0.05, 0) is 25.1 Å². The highest BCUT2D eigenvalue weighted by molar-refractivity contribution is 6.36. The van der Waals surface area contributed by atoms with E-state index in [9.17, 15) is 4.79 Å². The van der Waals surface area contributed by atoms with Crippen molar-refractivity contribution in [3.05, 3.63) is 51.9 Å². The Hall–Kier alpha value is -2.44. The summed E-state index contributed by atoms with van der Waals surface area (Å²) in [5.74, 6) is 0.752. The van der Waals surface area contributed by atoms with E-state index in [1.807, 2.05) is 0 Å². The summed E-state index contributed by atoms with van der Waals surface area (Å²) >= 11 is 12.2. The van der Waals surface area contributed by atoms with Gasteiger partial charge < -0.3 is 14.8 Å². The SMILES string of the molecule is COc1ccc(NC(=O)c2c(C)nc3c(Cl)cc(Cl)cn23)cc1OC. The molecule has 0 bridgehead atoms. The fourth-order valence-corrected chi connectivity index (χ4v) is 3.08. The standard InChI is InChI=1S/C17H15Cl2N3O3/c1-9-15(22-8-10(18)6-12(19)16(22)20-9)17(23)21-11-4-5-13(24-2)14(7-11)25-3/h4-8H,1-3H3,(H,21,23). The molecule has 2 heterocycles. The van der Waals surface area contributed by atoms with Crippen molar-refractivity contribution in [2.45, 2.75) is 6.92 Å². The Balaban J connectivity index is 1.99. The lowest BCUT2D eigenvalue weighted by atomic mass is 10.2. The third-order valence-corrected chi connectivity index (χ3v) is 4.16. The van der Waals surface area contributed by atoms with Gasteiger partial charge in [-0.15, -0.1) is 0 Å². The van der Waals surface area contributed by atoms with Crippen LogP contribution in [0.25, 0.3) is 5.65 Å². The van der Waals surface area contributed by atoms with Crippen LogP contribution in [-0.2, 0) is 0 Å². The summed E-state index contributed by atoms with van der Waals surface area (Å²) in [6, 6.07) is 6.69. The van der Waals surface area contributed by atoms with E-state index in [4.69, 9.17) is 32.7 Å². The lowest BCUT2D eigenvalue weighted by molar-refractivity contribution is 0.102. The first-order valence-electron chi connectivity index (χ1n) is 7.31. The number of hydrogen-bond acceptors (Lipinski definition) is 4. The summed E-state index contributed by atoms with van der Waals surface area (Å²) in [6.45, 7) is 1.74. The first-order valence-corrected chi connectivity index (χ1v) is 8.07. The highest BCUT2D eigenvalue weighted by Crippen LogP contribution is 2.30. The lowest BCUT2D eigenvalue weighted by Gasteiger charge is -2.11. The molecule has 6 nitrogen and oxygen atoms in total. The molecule has 0 unspecified atom stereocenters. The van der Waals surface area contributed by atoms with Crippen LogP contribution in [0.15, 0.2) is 30.5 Å². The number of rotatable bonds is 4. The molecule has 0 radical (unpaired) electrons. The molecule has 0 aliphatic rings. The Kier molecular flexibility index (Phi) is 4.74. The van der Waals surface area contributed by atoms with Gasteiger partial charge in [0.25, 0.3) is 5.91 Å². The average Bonchev–Trinajstić information content (AvgIpc) is 2.91. The molecule has 3 aromatic rings. The van der Waals surface area contributed by atoms with Crippen LogP contribution in [0.1, 0.15) is 16.2 Å². The summed E-state index contributed by atoms with van der Waals surface area (Å²) in [6.07, 6.45) is 1.60. The van der Waals surface area contributed by atoms with Crippen LogP contribution in [0.2, 0.25) is 10.0 Å². The van der Waals surface area contributed by atoms with E-state index < -0.39 is 0 Å². The van der Waals surface area contributed by atoms with Crippen LogP contribution in [-0.4, -0.2) is 29.5 Å². The molecule has 0 fully saturated rings. The number of nitrogens with one attached hydrogen (secondary N) is 1. The zero-order chi connectivity index (χ0) is 18.1. The number of ether oxygens (including phenoxy) is 2. The third kappa shape index (κ3) is 3.23. The van der Waals surface area contributed by atoms with Crippen molar-refractivity contribution in [1.82, 2.24) is 9.38 Å². The Labute approximate surface area is 154 Å². The number of nitrogens with zero attached hydrogens (tertiary/aromatic N) is 2. The number of fused-ring (bicyclic) bond motifs is 1. The normalized spacial score (nSPS) is 10.8. The van der Waals surface area contributed by atoms with Crippen LogP contribution in [0, 0.1) is 6.92 Å². The summed E-state index contributed by atoms with van der Waals surface area (Å²) in [5, 5.41) is 3.61. The van der Waals surface area contributed by atoms with E-state index in [0.29, 0.717) is 44.3 Å². The van der Waals surface area contributed by atoms with E-state index >= 15 is 0 Å². The number of aromatic nitrogens is 2. The monoisotopic (exact) mass is 379 g/mol. The van der Waals surface area contributed by atoms with Crippen molar-refractivity contribution in [3.8, 4) is 11.5 Å². The van der Waals surface area contributed by atoms with Crippen LogP contribution < -0.4 is 14.8 Å². The number of benzene rings is 1. The molecule has 0 spiro atoms. The number of hydrogen-bond donors (Lipinski definition) is 1. The predicted molar refractivity (Wildman–Crippen MR) is 97.4 cm³/mol. The molecule has 0 aliphatic carbocycles. The number of imidazole rings is 1. The Morgan fingerprint density at radius 2 is 1.88 bits per heavy atom. The molecule has 0 saturated carbocycles.